The Hall–Kier alpha value is -3.20. The molecule has 0 bridgehead atoms. The Kier molecular flexibility index (Phi) is 4.02. The third-order valence-electron chi connectivity index (χ3n) is 3.42. The summed E-state index contributed by atoms with van der Waals surface area (Å²) < 4.78 is 12.9. The summed E-state index contributed by atoms with van der Waals surface area (Å²) in [4.78, 5) is 17.3. The third-order valence-corrected chi connectivity index (χ3v) is 3.42. The largest absolute Gasteiger partial charge is 0.382 e. The molecule has 2 aromatic rings. The van der Waals surface area contributed by atoms with Gasteiger partial charge in [0, 0.05) is 12.1 Å². The molecular weight excluding hydrogens is 297 g/mol. The lowest BCUT2D eigenvalue weighted by atomic mass is 10.0. The number of hydrogen-bond donors (Lipinski definition) is 1. The van der Waals surface area contributed by atoms with Gasteiger partial charge in [0.05, 0.1) is 17.3 Å². The molecule has 1 heterocycles. The van der Waals surface area contributed by atoms with Crippen molar-refractivity contribution in [3.05, 3.63) is 65.5 Å². The van der Waals surface area contributed by atoms with Gasteiger partial charge < -0.3 is 10.2 Å². The molecule has 1 aliphatic heterocycles. The molecule has 3 rings (SSSR count). The van der Waals surface area contributed by atoms with Crippen LogP contribution in [0.5, 0.6) is 0 Å². The van der Waals surface area contributed by atoms with Crippen LogP contribution in [0.1, 0.15) is 17.5 Å². The van der Waals surface area contributed by atoms with E-state index in [1.54, 1.807) is 36.4 Å². The van der Waals surface area contributed by atoms with Crippen LogP contribution in [0.4, 0.5) is 10.1 Å². The normalized spacial score (nSPS) is 16.2. The first-order valence-electron chi connectivity index (χ1n) is 6.95. The van der Waals surface area contributed by atoms with Crippen LogP contribution >= 0.6 is 0 Å². The van der Waals surface area contributed by atoms with Crippen molar-refractivity contribution in [3.63, 3.8) is 0 Å². The van der Waals surface area contributed by atoms with Gasteiger partial charge in [-0.1, -0.05) is 17.3 Å². The Morgan fingerprint density at radius 2 is 1.91 bits per heavy atom. The molecule has 1 aliphatic rings. The molecule has 23 heavy (non-hydrogen) atoms. The van der Waals surface area contributed by atoms with Gasteiger partial charge in [0.1, 0.15) is 5.82 Å². The second kappa shape index (κ2) is 6.28. The van der Waals surface area contributed by atoms with Crippen molar-refractivity contribution in [2.75, 3.05) is 5.32 Å². The van der Waals surface area contributed by atoms with Crippen LogP contribution in [-0.4, -0.2) is 17.7 Å². The fraction of sp³-hybridized carbons (Fsp3) is 0.118. The van der Waals surface area contributed by atoms with Crippen LogP contribution in [0, 0.1) is 17.1 Å². The Labute approximate surface area is 132 Å². The number of carbonyl (C=O) groups is 1. The fourth-order valence-corrected chi connectivity index (χ4v) is 2.18. The Morgan fingerprint density at radius 1 is 1.22 bits per heavy atom. The van der Waals surface area contributed by atoms with E-state index in [-0.39, 0.29) is 11.7 Å². The van der Waals surface area contributed by atoms with Gasteiger partial charge in [-0.25, -0.2) is 4.39 Å². The Morgan fingerprint density at radius 3 is 2.57 bits per heavy atom. The van der Waals surface area contributed by atoms with Gasteiger partial charge in [-0.2, -0.15) is 5.26 Å². The van der Waals surface area contributed by atoms with Crippen LogP contribution in [0.15, 0.2) is 53.7 Å². The number of rotatable bonds is 3. The predicted octanol–water partition coefficient (Wildman–Crippen LogP) is 2.83. The van der Waals surface area contributed by atoms with Crippen LogP contribution in [-0.2, 0) is 9.63 Å². The van der Waals surface area contributed by atoms with Crippen molar-refractivity contribution in [1.82, 2.24) is 0 Å². The van der Waals surface area contributed by atoms with Crippen LogP contribution in [0.3, 0.4) is 0 Å². The summed E-state index contributed by atoms with van der Waals surface area (Å²) in [5.74, 6) is -0.654. The number of amides is 1. The molecule has 0 aromatic heterocycles. The maximum absolute atomic E-state index is 12.9. The predicted molar refractivity (Wildman–Crippen MR) is 82.2 cm³/mol. The van der Waals surface area contributed by atoms with Gasteiger partial charge in [-0.15, -0.1) is 0 Å². The molecular formula is C17H12FN3O2. The van der Waals surface area contributed by atoms with Crippen molar-refractivity contribution in [1.29, 1.82) is 5.26 Å². The minimum Gasteiger partial charge on any atom is -0.382 e. The molecule has 0 saturated carbocycles. The molecule has 0 saturated heterocycles. The van der Waals surface area contributed by atoms with E-state index in [1.807, 2.05) is 6.07 Å². The first-order valence-corrected chi connectivity index (χ1v) is 6.95. The molecule has 0 aliphatic carbocycles. The molecule has 0 radical (unpaired) electrons. The quantitative estimate of drug-likeness (QED) is 0.947. The highest BCUT2D eigenvalue weighted by Crippen LogP contribution is 2.19. The number of carbonyl (C=O) groups excluding carboxylic acids is 1. The second-order valence-corrected chi connectivity index (χ2v) is 5.02. The number of anilines is 1. The van der Waals surface area contributed by atoms with E-state index in [1.165, 1.54) is 12.1 Å². The van der Waals surface area contributed by atoms with E-state index >= 15 is 0 Å². The smallest absolute Gasteiger partial charge is 0.268 e. The van der Waals surface area contributed by atoms with Crippen LogP contribution < -0.4 is 5.32 Å². The third kappa shape index (κ3) is 3.35. The van der Waals surface area contributed by atoms with E-state index < -0.39 is 6.10 Å². The summed E-state index contributed by atoms with van der Waals surface area (Å²) in [6.45, 7) is 0. The van der Waals surface area contributed by atoms with E-state index in [4.69, 9.17) is 10.1 Å². The molecule has 2 aromatic carbocycles. The molecule has 1 amide bonds. The molecule has 0 unspecified atom stereocenters. The van der Waals surface area contributed by atoms with Crippen molar-refractivity contribution in [2.24, 2.45) is 5.16 Å². The minimum absolute atomic E-state index is 0.313. The van der Waals surface area contributed by atoms with Gasteiger partial charge in [0.15, 0.2) is 0 Å². The van der Waals surface area contributed by atoms with E-state index in [9.17, 15) is 9.18 Å². The second-order valence-electron chi connectivity index (χ2n) is 5.02. The summed E-state index contributed by atoms with van der Waals surface area (Å²) in [5, 5.41) is 15.3. The standard InChI is InChI=1S/C17H12FN3O2/c18-13-5-3-12(4-6-13)15-9-16(23-21-15)17(22)20-14-7-1-11(10-19)2-8-14/h1-8,16H,9H2,(H,20,22)/t16-/m1/s1. The highest BCUT2D eigenvalue weighted by atomic mass is 19.1. The van der Waals surface area contributed by atoms with Gasteiger partial charge in [0.2, 0.25) is 6.10 Å². The lowest BCUT2D eigenvalue weighted by Gasteiger charge is -2.09. The molecule has 1 N–H and O–H groups in total. The first kappa shape index (κ1) is 14.7. The maximum Gasteiger partial charge on any atom is 0.268 e. The summed E-state index contributed by atoms with van der Waals surface area (Å²) in [5.41, 5.74) is 2.42. The molecule has 1 atom stereocenters. The minimum atomic E-state index is -0.731. The van der Waals surface area contributed by atoms with Crippen molar-refractivity contribution >= 4 is 17.3 Å². The topological polar surface area (TPSA) is 74.5 Å². The number of nitrogens with zero attached hydrogens (tertiary/aromatic N) is 2. The SMILES string of the molecule is N#Cc1ccc(NC(=O)[C@H]2CC(c3ccc(F)cc3)=NO2)cc1. The number of benzene rings is 2. The number of nitrogens with one attached hydrogen (secondary N) is 1. The number of hydrogen-bond acceptors (Lipinski definition) is 4. The summed E-state index contributed by atoms with van der Waals surface area (Å²) in [6.07, 6.45) is -0.418. The van der Waals surface area contributed by atoms with Crippen LogP contribution in [0.2, 0.25) is 0 Å². The van der Waals surface area contributed by atoms with Crippen molar-refractivity contribution in [3.8, 4) is 6.07 Å². The van der Waals surface area contributed by atoms with Crippen LogP contribution in [0.25, 0.3) is 0 Å². The van der Waals surface area contributed by atoms with Gasteiger partial charge in [0.25, 0.3) is 5.91 Å². The van der Waals surface area contributed by atoms with Crippen molar-refractivity contribution < 1.29 is 14.0 Å². The lowest BCUT2D eigenvalue weighted by Crippen LogP contribution is -2.28. The van der Waals surface area contributed by atoms with E-state index in [0.717, 1.165) is 5.56 Å². The monoisotopic (exact) mass is 309 g/mol. The molecule has 0 spiro atoms. The average molecular weight is 309 g/mol. The zero-order valence-corrected chi connectivity index (χ0v) is 12.0. The highest BCUT2D eigenvalue weighted by Gasteiger charge is 2.28. The molecule has 5 nitrogen and oxygen atoms in total. The lowest BCUT2D eigenvalue weighted by molar-refractivity contribution is -0.125. The highest BCUT2D eigenvalue weighted by molar-refractivity contribution is 6.06. The zero-order chi connectivity index (χ0) is 16.2. The number of oxime groups is 1. The zero-order valence-electron chi connectivity index (χ0n) is 12.0. The van der Waals surface area contributed by atoms with E-state index in [2.05, 4.69) is 10.5 Å². The molecule has 6 heteroatoms. The molecule has 0 fully saturated rings. The Balaban J connectivity index is 1.62. The maximum atomic E-state index is 12.9. The average Bonchev–Trinajstić information content (AvgIpc) is 3.06. The van der Waals surface area contributed by atoms with Crippen molar-refractivity contribution in [2.45, 2.75) is 12.5 Å². The molecule has 114 valence electrons. The Bertz CT molecular complexity index is 792. The summed E-state index contributed by atoms with van der Waals surface area (Å²) in [7, 11) is 0. The fourth-order valence-electron chi connectivity index (χ4n) is 2.18. The number of halogens is 1. The first-order chi connectivity index (χ1) is 11.2. The van der Waals surface area contributed by atoms with Gasteiger partial charge in [-0.05, 0) is 42.0 Å². The summed E-state index contributed by atoms with van der Waals surface area (Å²) in [6, 6.07) is 14.4. The van der Waals surface area contributed by atoms with Gasteiger partial charge >= 0.3 is 0 Å². The van der Waals surface area contributed by atoms with Gasteiger partial charge in [-0.3, -0.25) is 4.79 Å². The summed E-state index contributed by atoms with van der Waals surface area (Å²) >= 11 is 0. The number of nitriles is 1. The van der Waals surface area contributed by atoms with E-state index in [0.29, 0.717) is 23.4 Å².